The van der Waals surface area contributed by atoms with Gasteiger partial charge in [0.2, 0.25) is 0 Å². The number of hydrogen-bond donors (Lipinski definition) is 2. The van der Waals surface area contributed by atoms with E-state index in [9.17, 15) is 0 Å². The molecule has 88 heteroatoms. The van der Waals surface area contributed by atoms with Crippen LogP contribution in [-0.2, 0) is 13.1 Å². The molecule has 0 atom stereocenters. The summed E-state index contributed by atoms with van der Waals surface area (Å²) < 4.78 is 0. The van der Waals surface area contributed by atoms with Crippen LogP contribution in [0.4, 0.5) is 0 Å². The zero-order valence-corrected chi connectivity index (χ0v) is 55.2. The zero-order valence-electron chi connectivity index (χ0n) is 55.2. The highest BCUT2D eigenvalue weighted by molar-refractivity contribution is 8.42. The molecule has 2 nitrogen and oxygen atoms in total. The highest BCUT2D eigenvalue weighted by Gasteiger charge is 2.67. The van der Waals surface area contributed by atoms with E-state index in [1.807, 2.05) is 12.1 Å². The Balaban J connectivity index is 0.00000414. The van der Waals surface area contributed by atoms with Gasteiger partial charge in [0.25, 0.3) is 0 Å². The highest BCUT2D eigenvalue weighted by atomic mass is 16.3. The van der Waals surface area contributed by atoms with E-state index in [2.05, 4.69) is 5.32 Å². The molecule has 0 aliphatic carbocycles. The van der Waals surface area contributed by atoms with E-state index in [1.54, 1.807) is 6.07 Å². The van der Waals surface area contributed by atoms with Crippen LogP contribution >= 0.6 is 0 Å². The molecule has 88 radical (unpaired) electrons. The Bertz CT molecular complexity index is 1860. The molecule has 0 aromatic heterocycles. The molecule has 1 aliphatic heterocycles. The van der Waals surface area contributed by atoms with Gasteiger partial charge in [0.1, 0.15) is 5.75 Å². The summed E-state index contributed by atoms with van der Waals surface area (Å²) in [6, 6.07) is 5.51. The molecule has 0 saturated heterocycles. The first-order valence-electron chi connectivity index (χ1n) is 31.7. The van der Waals surface area contributed by atoms with Crippen LogP contribution in [0.3, 0.4) is 0 Å². The second-order valence-electron chi connectivity index (χ2n) is 26.8. The van der Waals surface area contributed by atoms with Crippen LogP contribution in [0.1, 0.15) is 11.1 Å². The molecule has 0 fully saturated rings. The molecule has 1 aliphatic rings. The predicted molar refractivity (Wildman–Crippen MR) is 533 cm³/mol. The summed E-state index contributed by atoms with van der Waals surface area (Å²) >= 11 is 0. The minimum absolute atomic E-state index is 0.363. The van der Waals surface area contributed by atoms with E-state index in [-0.39, 0.29) is 0 Å². The van der Waals surface area contributed by atoms with Crippen molar-refractivity contribution in [3.8, 4) is 5.75 Å². The molecule has 96 heavy (non-hydrogen) atoms. The summed E-state index contributed by atoms with van der Waals surface area (Å²) in [4.78, 5) is 0. The fraction of sp³-hybridized carbons (Fsp3) is 0.250. The number of phenols is 1. The van der Waals surface area contributed by atoms with Crippen molar-refractivity contribution in [1.29, 1.82) is 0 Å². The van der Waals surface area contributed by atoms with Gasteiger partial charge in [-0.1, -0.05) is 6.07 Å². The van der Waals surface area contributed by atoms with Crippen LogP contribution in [0.2, 0.25) is 0 Å². The average molecular weight is 1060 g/mol. The van der Waals surface area contributed by atoms with Crippen molar-refractivity contribution in [2.24, 2.45) is 0 Å². The van der Waals surface area contributed by atoms with Crippen LogP contribution in [0.25, 0.3) is 0 Å². The number of hydrogen-bond acceptors (Lipinski definition) is 2. The van der Waals surface area contributed by atoms with E-state index in [0.29, 0.717) is 5.75 Å². The maximum absolute atomic E-state index is 9.07. The van der Waals surface area contributed by atoms with E-state index < -0.39 is 268 Å². The third kappa shape index (κ3) is 26.7. The van der Waals surface area contributed by atoms with Crippen molar-refractivity contribution >= 4 is 609 Å². The summed E-state index contributed by atoms with van der Waals surface area (Å²) in [6.45, 7) is 1.83. The molecule has 310 valence electrons. The fourth-order valence-electron chi connectivity index (χ4n) is 16.7. The van der Waals surface area contributed by atoms with Gasteiger partial charge in [0, 0.05) is 622 Å². The third-order valence-electron chi connectivity index (χ3n) is 20.0. The summed E-state index contributed by atoms with van der Waals surface area (Å²) in [5, 5.41) is 12.3. The van der Waals surface area contributed by atoms with Gasteiger partial charge in [-0.05, 0) is 23.3 Å². The smallest absolute Gasteiger partial charge is 0.115 e. The van der Waals surface area contributed by atoms with Crippen molar-refractivity contribution in [3.63, 3.8) is 0 Å². The third-order valence-corrected chi connectivity index (χ3v) is 20.0. The van der Waals surface area contributed by atoms with Gasteiger partial charge >= 0.3 is 0 Å². The van der Waals surface area contributed by atoms with Gasteiger partial charge in [0.05, 0.1) is 0 Å². The predicted octanol–water partition coefficient (Wildman–Crippen LogP) is -31.8. The lowest BCUT2D eigenvalue weighted by molar-refractivity contribution is 0.474. The van der Waals surface area contributed by atoms with Gasteiger partial charge in [-0.25, -0.2) is 0 Å². The Hall–Kier alpha value is 4.56. The van der Waals surface area contributed by atoms with Crippen LogP contribution in [0.15, 0.2) is 18.2 Å². The Morgan fingerprint density at radius 3 is 0.427 bits per heavy atom. The van der Waals surface area contributed by atoms with Crippen LogP contribution in [0.5, 0.6) is 5.75 Å². The average Bonchev–Trinajstić information content (AvgIpc) is 3.85. The molecule has 0 spiro atoms. The summed E-state index contributed by atoms with van der Waals surface area (Å²) in [5.41, 5.74) is 2.53. The molecule has 0 saturated carbocycles. The number of benzene rings is 1. The molecular formula is C8H9B86NO. The lowest BCUT2D eigenvalue weighted by Gasteiger charge is -2.62. The topological polar surface area (TPSA) is 32.3 Å². The summed E-state index contributed by atoms with van der Waals surface area (Å²) in [6.07, 6.45) is -73.5. The summed E-state index contributed by atoms with van der Waals surface area (Å²) in [7, 11) is 306. The highest BCUT2D eigenvalue weighted by Crippen LogP contribution is 2.29. The van der Waals surface area contributed by atoms with E-state index >= 15 is 0 Å². The van der Waals surface area contributed by atoms with E-state index in [1.165, 1.54) is 11.1 Å². The maximum atomic E-state index is 9.07. The van der Waals surface area contributed by atoms with Crippen molar-refractivity contribution < 1.29 is 5.11 Å². The molecule has 0 unspecified atom stereocenters. The molecule has 1 aromatic rings. The molecular weight excluding hydrogens is 1060 g/mol. The van der Waals surface area contributed by atoms with Gasteiger partial charge in [-0.15, -0.1) is 0 Å². The molecule has 1 aromatic carbocycles. The second kappa shape index (κ2) is 45.6. The standard InChI is InChI=1S/C8H9NO.B86/c10-8-2-1-6-4-9-5-7(6)3-8;1-45(2)67(46(3)4)78(68(47(5)6)48(7)8)83(77(65(41)42)66(43)44)86(84(79(69(49(9)10)50(11)12)70(51(13)14)52(15)16)80(71(53(17)18)54(19)20)72(55(21)22)56(23)24)85(81(73(57(25)26)58(27)28)74(59(29)30)60(31)32)82(75(61(33)34)62(35)36)76(63(37)38)64(39)40/h1-3,9-10H,4-5H2;. The lowest BCUT2D eigenvalue weighted by Crippen LogP contribution is -3.00. The normalized spacial score (nSPS) is 10.4. The molecule has 0 amide bonds. The Morgan fingerprint density at radius 1 is 0.177 bits per heavy atom. The summed E-state index contributed by atoms with van der Waals surface area (Å²) in [5.74, 6) is 0.363. The van der Waals surface area contributed by atoms with Gasteiger partial charge in [-0.3, -0.25) is 0 Å². The number of rotatable bonds is 41. The minimum atomic E-state index is -2.06. The number of phenolic OH excluding ortho intramolecular Hbond substituents is 1. The first-order chi connectivity index (χ1) is 43.9. The molecule has 1 heterocycles. The maximum Gasteiger partial charge on any atom is 0.115 e. The van der Waals surface area contributed by atoms with Gasteiger partial charge in [0.15, 0.2) is 0 Å². The van der Waals surface area contributed by atoms with Crippen molar-refractivity contribution in [1.82, 2.24) is 5.32 Å². The van der Waals surface area contributed by atoms with Crippen LogP contribution in [-0.4, -0.2) is 614 Å². The van der Waals surface area contributed by atoms with Crippen molar-refractivity contribution in [2.75, 3.05) is 0 Å². The first kappa shape index (κ1) is 98.6. The van der Waals surface area contributed by atoms with Gasteiger partial charge in [-0.2, -0.15) is 0 Å². The lowest BCUT2D eigenvalue weighted by atomic mass is 8.19. The Morgan fingerprint density at radius 2 is 0.292 bits per heavy atom. The Labute approximate surface area is 660 Å². The Kier molecular flexibility index (Phi) is 46.9. The quantitative estimate of drug-likeness (QED) is 0.0641. The second-order valence-corrected chi connectivity index (χ2v) is 26.8. The number of aromatic hydroxyl groups is 1. The monoisotopic (exact) mass is 1080 g/mol. The van der Waals surface area contributed by atoms with E-state index in [0.717, 1.165) is 13.1 Å². The molecule has 0 bridgehead atoms. The SMILES string of the molecule is Oc1ccc2c(c1)CNC2.[B]B([B])B(B([B])[B])B(B(B([B])[B])B([B])[B])B(B(B([B])[B])B([B])[B])B(B(B(B(B([B])[B])B([B])[B])B(B([B])[B])B([B])[B])B(B(B([B])[B])B([B])[B])B(B([B])[B])B([B])[B])B(B(B(B([B])[B])B([B])[B])B(B([B])[B])B([B])[B])B(B(B([B])[B])B([B])[B])B(B([B])[B])B([B])[B]. The van der Waals surface area contributed by atoms with Crippen molar-refractivity contribution in [3.05, 3.63) is 29.3 Å². The van der Waals surface area contributed by atoms with Crippen molar-refractivity contribution in [2.45, 2.75) is 13.1 Å². The zero-order chi connectivity index (χ0) is 75.2. The minimum Gasteiger partial charge on any atom is -0.508 e. The molecule has 2 rings (SSSR count). The fourth-order valence-corrected chi connectivity index (χ4v) is 16.7. The molecule has 2 N–H and O–H groups in total. The van der Waals surface area contributed by atoms with Crippen LogP contribution < -0.4 is 5.32 Å². The largest absolute Gasteiger partial charge is 0.508 e. The van der Waals surface area contributed by atoms with Gasteiger partial charge < -0.3 is 10.4 Å². The van der Waals surface area contributed by atoms with Crippen LogP contribution in [0, 0.1) is 0 Å². The number of nitrogens with one attached hydrogen (secondary N) is 1. The number of fused-ring (bicyclic) bond motifs is 1. The first-order valence-corrected chi connectivity index (χ1v) is 31.7. The van der Waals surface area contributed by atoms with E-state index in [4.69, 9.17) is 346 Å².